The Morgan fingerprint density at radius 3 is 2.70 bits per heavy atom. The van der Waals surface area contributed by atoms with Crippen molar-refractivity contribution < 1.29 is 22.7 Å². The van der Waals surface area contributed by atoms with Gasteiger partial charge in [-0.05, 0) is 18.1 Å². The lowest BCUT2D eigenvalue weighted by Gasteiger charge is -2.20. The van der Waals surface area contributed by atoms with Gasteiger partial charge < -0.3 is 15.4 Å². The molecule has 0 aliphatic carbocycles. The van der Waals surface area contributed by atoms with Crippen LogP contribution in [0.3, 0.4) is 0 Å². The van der Waals surface area contributed by atoms with Crippen molar-refractivity contribution in [1.29, 1.82) is 0 Å². The Bertz CT molecular complexity index is 522. The number of anilines is 2. The molecule has 20 heavy (non-hydrogen) atoms. The number of ether oxygens (including phenoxy) is 1. The lowest BCUT2D eigenvalue weighted by molar-refractivity contribution is -0.274. The van der Waals surface area contributed by atoms with Crippen LogP contribution >= 0.6 is 11.6 Å². The smallest absolute Gasteiger partial charge is 0.406 e. The van der Waals surface area contributed by atoms with Gasteiger partial charge in [0.05, 0.1) is 11.4 Å². The molecular formula is C12H12ClF3N2O2. The summed E-state index contributed by atoms with van der Waals surface area (Å²) in [5, 5.41) is 0. The topological polar surface area (TPSA) is 55.6 Å². The number of benzene rings is 1. The zero-order valence-electron chi connectivity index (χ0n) is 10.3. The van der Waals surface area contributed by atoms with Crippen molar-refractivity contribution in [2.75, 3.05) is 23.1 Å². The van der Waals surface area contributed by atoms with Gasteiger partial charge in [0, 0.05) is 24.9 Å². The Morgan fingerprint density at radius 2 is 2.15 bits per heavy atom. The minimum absolute atomic E-state index is 0.0317. The molecule has 1 aromatic carbocycles. The van der Waals surface area contributed by atoms with E-state index in [0.29, 0.717) is 12.4 Å². The lowest BCUT2D eigenvalue weighted by Crippen LogP contribution is -2.26. The first-order valence-corrected chi connectivity index (χ1v) is 6.35. The Hall–Kier alpha value is -1.63. The number of hydrogen-bond acceptors (Lipinski definition) is 3. The summed E-state index contributed by atoms with van der Waals surface area (Å²) in [5.41, 5.74) is 6.14. The van der Waals surface area contributed by atoms with Gasteiger partial charge in [0.25, 0.3) is 0 Å². The largest absolute Gasteiger partial charge is 0.573 e. The molecule has 1 aromatic rings. The van der Waals surface area contributed by atoms with E-state index < -0.39 is 12.1 Å². The summed E-state index contributed by atoms with van der Waals surface area (Å²) in [4.78, 5) is 13.2. The maximum absolute atomic E-state index is 12.2. The normalized spacial score (nSPS) is 19.5. The van der Waals surface area contributed by atoms with Crippen LogP contribution in [-0.4, -0.2) is 24.7 Å². The standard InChI is InChI=1S/C12H12ClF3N2O2/c13-5-7-3-11(19)18(6-7)10-4-8(1-2-9(10)17)20-12(14,15)16/h1-2,4,7H,3,5-6,17H2. The second kappa shape index (κ2) is 5.40. The van der Waals surface area contributed by atoms with E-state index in [2.05, 4.69) is 4.74 Å². The number of amides is 1. The number of alkyl halides is 4. The molecule has 1 saturated heterocycles. The first-order valence-electron chi connectivity index (χ1n) is 5.82. The monoisotopic (exact) mass is 308 g/mol. The van der Waals surface area contributed by atoms with Crippen molar-refractivity contribution in [1.82, 2.24) is 0 Å². The first kappa shape index (κ1) is 14.8. The molecule has 0 aromatic heterocycles. The van der Waals surface area contributed by atoms with E-state index in [1.807, 2.05) is 0 Å². The van der Waals surface area contributed by atoms with Gasteiger partial charge in [-0.3, -0.25) is 4.79 Å². The Balaban J connectivity index is 2.27. The van der Waals surface area contributed by atoms with Crippen LogP contribution in [0.1, 0.15) is 6.42 Å². The molecule has 1 amide bonds. The van der Waals surface area contributed by atoms with E-state index in [1.165, 1.54) is 11.0 Å². The second-order valence-electron chi connectivity index (χ2n) is 4.50. The van der Waals surface area contributed by atoms with E-state index in [-0.39, 0.29) is 29.6 Å². The zero-order chi connectivity index (χ0) is 14.9. The highest BCUT2D eigenvalue weighted by Gasteiger charge is 2.33. The highest BCUT2D eigenvalue weighted by Crippen LogP contribution is 2.34. The summed E-state index contributed by atoms with van der Waals surface area (Å²) in [6, 6.07) is 3.49. The fourth-order valence-corrected chi connectivity index (χ4v) is 2.28. The average Bonchev–Trinajstić information content (AvgIpc) is 2.71. The first-order chi connectivity index (χ1) is 9.30. The van der Waals surface area contributed by atoms with Crippen molar-refractivity contribution in [3.05, 3.63) is 18.2 Å². The van der Waals surface area contributed by atoms with Crippen LogP contribution in [0.5, 0.6) is 5.75 Å². The van der Waals surface area contributed by atoms with Crippen LogP contribution in [0.25, 0.3) is 0 Å². The molecule has 2 rings (SSSR count). The molecule has 1 atom stereocenters. The summed E-state index contributed by atoms with van der Waals surface area (Å²) in [5.74, 6) is -0.355. The molecule has 8 heteroatoms. The van der Waals surface area contributed by atoms with Crippen LogP contribution in [-0.2, 0) is 4.79 Å². The fraction of sp³-hybridized carbons (Fsp3) is 0.417. The quantitative estimate of drug-likeness (QED) is 0.690. The molecule has 1 unspecified atom stereocenters. The third kappa shape index (κ3) is 3.27. The second-order valence-corrected chi connectivity index (χ2v) is 4.81. The highest BCUT2D eigenvalue weighted by molar-refractivity contribution is 6.18. The van der Waals surface area contributed by atoms with E-state index in [9.17, 15) is 18.0 Å². The molecule has 0 bridgehead atoms. The van der Waals surface area contributed by atoms with Crippen molar-refractivity contribution in [2.45, 2.75) is 12.8 Å². The molecule has 110 valence electrons. The van der Waals surface area contributed by atoms with Crippen molar-refractivity contribution >= 4 is 28.9 Å². The van der Waals surface area contributed by atoms with Crippen LogP contribution in [0.4, 0.5) is 24.5 Å². The maximum atomic E-state index is 12.2. The SMILES string of the molecule is Nc1ccc(OC(F)(F)F)cc1N1CC(CCl)CC1=O. The van der Waals surface area contributed by atoms with Crippen molar-refractivity contribution in [3.8, 4) is 5.75 Å². The van der Waals surface area contributed by atoms with E-state index >= 15 is 0 Å². The van der Waals surface area contributed by atoms with Gasteiger partial charge in [0.15, 0.2) is 0 Å². The molecule has 2 N–H and O–H groups in total. The van der Waals surface area contributed by atoms with Crippen molar-refractivity contribution in [3.63, 3.8) is 0 Å². The molecule has 1 fully saturated rings. The van der Waals surface area contributed by atoms with Crippen LogP contribution in [0.15, 0.2) is 18.2 Å². The van der Waals surface area contributed by atoms with Gasteiger partial charge in [-0.2, -0.15) is 0 Å². The number of halogens is 4. The minimum atomic E-state index is -4.79. The van der Waals surface area contributed by atoms with Gasteiger partial charge in [-0.25, -0.2) is 0 Å². The number of hydrogen-bond donors (Lipinski definition) is 1. The molecule has 1 aliphatic heterocycles. The number of rotatable bonds is 3. The molecular weight excluding hydrogens is 297 g/mol. The third-order valence-electron chi connectivity index (χ3n) is 2.95. The zero-order valence-corrected chi connectivity index (χ0v) is 11.0. The van der Waals surface area contributed by atoms with Gasteiger partial charge in [-0.15, -0.1) is 24.8 Å². The molecule has 1 heterocycles. The number of carbonyl (C=O) groups excluding carboxylic acids is 1. The van der Waals surface area contributed by atoms with Gasteiger partial charge >= 0.3 is 6.36 Å². The summed E-state index contributed by atoms with van der Waals surface area (Å²) in [6.45, 7) is 0.335. The predicted octanol–water partition coefficient (Wildman–Crippen LogP) is 2.76. The van der Waals surface area contributed by atoms with E-state index in [4.69, 9.17) is 17.3 Å². The third-order valence-corrected chi connectivity index (χ3v) is 3.39. The molecule has 0 radical (unpaired) electrons. The van der Waals surface area contributed by atoms with Gasteiger partial charge in [0.2, 0.25) is 5.91 Å². The van der Waals surface area contributed by atoms with Crippen LogP contribution in [0, 0.1) is 5.92 Å². The molecule has 4 nitrogen and oxygen atoms in total. The Morgan fingerprint density at radius 1 is 1.45 bits per heavy atom. The van der Waals surface area contributed by atoms with Crippen molar-refractivity contribution in [2.24, 2.45) is 5.92 Å². The number of nitrogens with two attached hydrogens (primary N) is 1. The number of nitrogen functional groups attached to an aromatic ring is 1. The molecule has 0 saturated carbocycles. The van der Waals surface area contributed by atoms with Crippen LogP contribution < -0.4 is 15.4 Å². The van der Waals surface area contributed by atoms with Crippen LogP contribution in [0.2, 0.25) is 0 Å². The summed E-state index contributed by atoms with van der Waals surface area (Å²) in [6.07, 6.45) is -4.53. The Kier molecular flexibility index (Phi) is 3.99. The van der Waals surface area contributed by atoms with Gasteiger partial charge in [-0.1, -0.05) is 0 Å². The van der Waals surface area contributed by atoms with E-state index in [1.54, 1.807) is 0 Å². The summed E-state index contributed by atoms with van der Waals surface area (Å²) >= 11 is 5.70. The minimum Gasteiger partial charge on any atom is -0.406 e. The number of carbonyl (C=O) groups is 1. The molecule has 1 aliphatic rings. The Labute approximate surface area is 118 Å². The highest BCUT2D eigenvalue weighted by atomic mass is 35.5. The predicted molar refractivity (Wildman–Crippen MR) is 68.7 cm³/mol. The molecule has 0 spiro atoms. The fourth-order valence-electron chi connectivity index (χ4n) is 2.07. The summed E-state index contributed by atoms with van der Waals surface area (Å²) in [7, 11) is 0. The van der Waals surface area contributed by atoms with E-state index in [0.717, 1.165) is 12.1 Å². The average molecular weight is 309 g/mol. The van der Waals surface area contributed by atoms with Gasteiger partial charge in [0.1, 0.15) is 5.75 Å². The number of nitrogens with zero attached hydrogens (tertiary/aromatic N) is 1. The lowest BCUT2D eigenvalue weighted by atomic mass is 10.1. The summed E-state index contributed by atoms with van der Waals surface area (Å²) < 4.78 is 40.4. The maximum Gasteiger partial charge on any atom is 0.573 e.